The van der Waals surface area contributed by atoms with E-state index in [4.69, 9.17) is 4.74 Å². The van der Waals surface area contributed by atoms with Crippen LogP contribution in [0.5, 0.6) is 5.75 Å². The quantitative estimate of drug-likeness (QED) is 0.886. The Kier molecular flexibility index (Phi) is 5.30. The highest BCUT2D eigenvalue weighted by atomic mass is 16.5. The van der Waals surface area contributed by atoms with E-state index in [1.165, 1.54) is 19.4 Å². The summed E-state index contributed by atoms with van der Waals surface area (Å²) in [5.41, 5.74) is 1.57. The summed E-state index contributed by atoms with van der Waals surface area (Å²) in [5, 5.41) is 6.21. The number of H-pyrrole nitrogens is 1. The first-order valence-electron chi connectivity index (χ1n) is 8.64. The second-order valence-electron chi connectivity index (χ2n) is 6.76. The van der Waals surface area contributed by atoms with Gasteiger partial charge in [0.2, 0.25) is 0 Å². The minimum Gasteiger partial charge on any atom is -0.493 e. The summed E-state index contributed by atoms with van der Waals surface area (Å²) in [6, 6.07) is 10.1. The summed E-state index contributed by atoms with van der Waals surface area (Å²) >= 11 is 0. The van der Waals surface area contributed by atoms with Gasteiger partial charge in [0.1, 0.15) is 5.75 Å². The molecule has 0 radical (unpaired) electrons. The van der Waals surface area contributed by atoms with Gasteiger partial charge in [-0.1, -0.05) is 19.1 Å². The molecule has 1 aromatic heterocycles. The van der Waals surface area contributed by atoms with E-state index >= 15 is 0 Å². The maximum atomic E-state index is 11.3. The van der Waals surface area contributed by atoms with Crippen molar-refractivity contribution >= 4 is 0 Å². The molecule has 1 fully saturated rings. The van der Waals surface area contributed by atoms with E-state index in [-0.39, 0.29) is 5.56 Å². The molecule has 0 aliphatic carbocycles. The minimum absolute atomic E-state index is 0.196. The smallest absolute Gasteiger partial charge is 0.264 e. The fourth-order valence-corrected chi connectivity index (χ4v) is 3.23. The number of aromatic nitrogens is 2. The molecule has 1 aliphatic heterocycles. The molecule has 24 heavy (non-hydrogen) atoms. The first-order chi connectivity index (χ1) is 11.6. The van der Waals surface area contributed by atoms with Gasteiger partial charge < -0.3 is 9.64 Å². The third-order valence-corrected chi connectivity index (χ3v) is 4.62. The van der Waals surface area contributed by atoms with Crippen LogP contribution in [0.15, 0.2) is 41.3 Å². The molecule has 0 amide bonds. The fraction of sp³-hybridized carbons (Fsp3) is 0.474. The van der Waals surface area contributed by atoms with E-state index in [0.29, 0.717) is 12.0 Å². The van der Waals surface area contributed by atoms with Crippen molar-refractivity contribution in [2.24, 2.45) is 5.92 Å². The molecular formula is C19H25N3O2. The normalized spacial score (nSPS) is 19.3. The van der Waals surface area contributed by atoms with Crippen LogP contribution in [-0.2, 0) is 0 Å². The number of nitrogens with one attached hydrogen (secondary N) is 1. The van der Waals surface area contributed by atoms with Gasteiger partial charge in [0.05, 0.1) is 12.8 Å². The Labute approximate surface area is 142 Å². The molecule has 5 heteroatoms. The van der Waals surface area contributed by atoms with Gasteiger partial charge in [-0.25, -0.2) is 5.10 Å². The summed E-state index contributed by atoms with van der Waals surface area (Å²) in [6.07, 6.45) is 4.27. The highest BCUT2D eigenvalue weighted by Crippen LogP contribution is 2.22. The van der Waals surface area contributed by atoms with Crippen molar-refractivity contribution in [3.63, 3.8) is 0 Å². The molecule has 128 valence electrons. The zero-order valence-electron chi connectivity index (χ0n) is 14.4. The molecule has 1 saturated heterocycles. The van der Waals surface area contributed by atoms with Crippen LogP contribution in [0.1, 0.15) is 26.7 Å². The predicted molar refractivity (Wildman–Crippen MR) is 95.2 cm³/mol. The van der Waals surface area contributed by atoms with Crippen molar-refractivity contribution in [1.29, 1.82) is 0 Å². The van der Waals surface area contributed by atoms with E-state index < -0.39 is 0 Å². The van der Waals surface area contributed by atoms with Crippen molar-refractivity contribution < 1.29 is 4.74 Å². The molecule has 1 aliphatic rings. The van der Waals surface area contributed by atoms with Gasteiger partial charge in [-0.15, -0.1) is 0 Å². The third-order valence-electron chi connectivity index (χ3n) is 4.62. The summed E-state index contributed by atoms with van der Waals surface area (Å²) < 4.78 is 5.92. The predicted octanol–water partition coefficient (Wildman–Crippen LogP) is 2.94. The van der Waals surface area contributed by atoms with Crippen LogP contribution in [-0.4, -0.2) is 40.8 Å². The lowest BCUT2D eigenvalue weighted by Gasteiger charge is -2.24. The number of hydrogen-bond donors (Lipinski definition) is 1. The largest absolute Gasteiger partial charge is 0.493 e. The Bertz CT molecular complexity index is 711. The molecule has 2 atom stereocenters. The number of hydrogen-bond acceptors (Lipinski definition) is 4. The lowest BCUT2D eigenvalue weighted by atomic mass is 10.1. The van der Waals surface area contributed by atoms with Gasteiger partial charge >= 0.3 is 0 Å². The molecule has 0 unspecified atom stereocenters. The van der Waals surface area contributed by atoms with Crippen LogP contribution in [0.25, 0.3) is 11.1 Å². The topological polar surface area (TPSA) is 58.2 Å². The van der Waals surface area contributed by atoms with Crippen LogP contribution >= 0.6 is 0 Å². The molecule has 0 spiro atoms. The SMILES string of the molecule is C[C@@H](COc1ccc(-c2cn[nH]c(=O)c2)cc1)CN1CCC[C@H]1C. The highest BCUT2D eigenvalue weighted by Gasteiger charge is 2.21. The highest BCUT2D eigenvalue weighted by molar-refractivity contribution is 5.62. The molecule has 2 aromatic rings. The molecule has 2 heterocycles. The van der Waals surface area contributed by atoms with Crippen LogP contribution < -0.4 is 10.3 Å². The molecular weight excluding hydrogens is 302 g/mol. The van der Waals surface area contributed by atoms with Crippen LogP contribution in [0.4, 0.5) is 0 Å². The van der Waals surface area contributed by atoms with Gasteiger partial charge in [0.25, 0.3) is 5.56 Å². The second-order valence-corrected chi connectivity index (χ2v) is 6.76. The van der Waals surface area contributed by atoms with Crippen molar-refractivity contribution in [3.8, 4) is 16.9 Å². The van der Waals surface area contributed by atoms with Crippen LogP contribution in [0.3, 0.4) is 0 Å². The summed E-state index contributed by atoms with van der Waals surface area (Å²) in [5.74, 6) is 1.36. The fourth-order valence-electron chi connectivity index (χ4n) is 3.23. The van der Waals surface area contributed by atoms with Gasteiger partial charge in [0, 0.05) is 30.1 Å². The van der Waals surface area contributed by atoms with Gasteiger partial charge in [-0.3, -0.25) is 4.79 Å². The van der Waals surface area contributed by atoms with Gasteiger partial charge in [-0.2, -0.15) is 5.10 Å². The first kappa shape index (κ1) is 16.7. The number of benzene rings is 1. The average molecular weight is 327 g/mol. The van der Waals surface area contributed by atoms with E-state index in [9.17, 15) is 4.79 Å². The Hall–Kier alpha value is -2.14. The van der Waals surface area contributed by atoms with Crippen molar-refractivity contribution in [3.05, 3.63) is 46.9 Å². The van der Waals surface area contributed by atoms with Gasteiger partial charge in [0.15, 0.2) is 0 Å². The Balaban J connectivity index is 1.53. The number of aromatic amines is 1. The third kappa shape index (κ3) is 4.23. The first-order valence-corrected chi connectivity index (χ1v) is 8.64. The van der Waals surface area contributed by atoms with E-state index in [2.05, 4.69) is 28.9 Å². The number of nitrogens with zero attached hydrogens (tertiary/aromatic N) is 2. The molecule has 0 bridgehead atoms. The van der Waals surface area contributed by atoms with Crippen LogP contribution in [0.2, 0.25) is 0 Å². The maximum absolute atomic E-state index is 11.3. The second kappa shape index (κ2) is 7.62. The van der Waals surface area contributed by atoms with Crippen molar-refractivity contribution in [2.45, 2.75) is 32.7 Å². The summed E-state index contributed by atoms with van der Waals surface area (Å²) in [4.78, 5) is 13.9. The zero-order valence-corrected chi connectivity index (χ0v) is 14.4. The van der Waals surface area contributed by atoms with E-state index in [1.807, 2.05) is 24.3 Å². The van der Waals surface area contributed by atoms with Crippen molar-refractivity contribution in [2.75, 3.05) is 19.7 Å². The molecule has 1 aromatic carbocycles. The van der Waals surface area contributed by atoms with E-state index in [1.54, 1.807) is 12.3 Å². The summed E-state index contributed by atoms with van der Waals surface area (Å²) in [7, 11) is 0. The molecule has 0 saturated carbocycles. The number of rotatable bonds is 6. The minimum atomic E-state index is -0.196. The molecule has 3 rings (SSSR count). The maximum Gasteiger partial charge on any atom is 0.264 e. The Morgan fingerprint density at radius 2 is 2.12 bits per heavy atom. The molecule has 5 nitrogen and oxygen atoms in total. The van der Waals surface area contributed by atoms with E-state index in [0.717, 1.165) is 30.0 Å². The number of likely N-dealkylation sites (tertiary alicyclic amines) is 1. The zero-order chi connectivity index (χ0) is 16.9. The Morgan fingerprint density at radius 3 is 2.79 bits per heavy atom. The standard InChI is InChI=1S/C19H25N3O2/c1-14(12-22-9-3-4-15(22)2)13-24-18-7-5-16(6-8-18)17-10-19(23)21-20-11-17/h5-8,10-11,14-15H,3-4,9,12-13H2,1-2H3,(H,21,23)/t14-,15-/m1/s1. The average Bonchev–Trinajstić information content (AvgIpc) is 2.98. The lowest BCUT2D eigenvalue weighted by Crippen LogP contribution is -2.33. The molecule has 1 N–H and O–H groups in total. The van der Waals surface area contributed by atoms with Crippen molar-refractivity contribution in [1.82, 2.24) is 15.1 Å². The van der Waals surface area contributed by atoms with Gasteiger partial charge in [-0.05, 0) is 44.0 Å². The summed E-state index contributed by atoms with van der Waals surface area (Å²) in [6.45, 7) is 7.57. The number of ether oxygens (including phenoxy) is 1. The monoisotopic (exact) mass is 327 g/mol. The lowest BCUT2D eigenvalue weighted by molar-refractivity contribution is 0.181. The van der Waals surface area contributed by atoms with Crippen LogP contribution in [0, 0.1) is 5.92 Å². The Morgan fingerprint density at radius 1 is 1.33 bits per heavy atom.